The van der Waals surface area contributed by atoms with Crippen LogP contribution in [0.4, 0.5) is 11.4 Å². The molecular weight excluding hydrogens is 292 g/mol. The second-order valence-corrected chi connectivity index (χ2v) is 6.38. The molecule has 0 bridgehead atoms. The van der Waals surface area contributed by atoms with Crippen LogP contribution in [0.5, 0.6) is 0 Å². The summed E-state index contributed by atoms with van der Waals surface area (Å²) in [6.07, 6.45) is 7.19. The predicted molar refractivity (Wildman–Crippen MR) is 94.5 cm³/mol. The SMILES string of the molecule is O=C(C=Cc1cccs1)Nc1ccccc1N1CCCCC1. The molecule has 0 atom stereocenters. The van der Waals surface area contributed by atoms with Crippen molar-refractivity contribution in [3.8, 4) is 0 Å². The van der Waals surface area contributed by atoms with E-state index in [1.165, 1.54) is 19.3 Å². The molecule has 0 spiro atoms. The van der Waals surface area contributed by atoms with Crippen LogP contribution in [0.1, 0.15) is 24.1 Å². The van der Waals surface area contributed by atoms with E-state index >= 15 is 0 Å². The quantitative estimate of drug-likeness (QED) is 0.849. The molecule has 1 fully saturated rings. The Bertz CT molecular complexity index is 643. The minimum absolute atomic E-state index is 0.0853. The molecule has 0 unspecified atom stereocenters. The summed E-state index contributed by atoms with van der Waals surface area (Å²) >= 11 is 1.62. The summed E-state index contributed by atoms with van der Waals surface area (Å²) in [6.45, 7) is 2.13. The van der Waals surface area contributed by atoms with E-state index in [9.17, 15) is 4.79 Å². The molecule has 1 aromatic heterocycles. The van der Waals surface area contributed by atoms with E-state index in [0.29, 0.717) is 0 Å². The molecule has 4 heteroatoms. The van der Waals surface area contributed by atoms with Gasteiger partial charge in [0, 0.05) is 24.0 Å². The second-order valence-electron chi connectivity index (χ2n) is 5.40. The molecule has 3 nitrogen and oxygen atoms in total. The number of rotatable bonds is 4. The van der Waals surface area contributed by atoms with E-state index < -0.39 is 0 Å². The van der Waals surface area contributed by atoms with Crippen LogP contribution in [0, 0.1) is 0 Å². The Morgan fingerprint density at radius 3 is 2.68 bits per heavy atom. The fourth-order valence-corrected chi connectivity index (χ4v) is 3.33. The fourth-order valence-electron chi connectivity index (χ4n) is 2.71. The molecule has 2 heterocycles. The van der Waals surface area contributed by atoms with Crippen LogP contribution in [0.15, 0.2) is 47.9 Å². The average molecular weight is 312 g/mol. The molecule has 1 aliphatic heterocycles. The lowest BCUT2D eigenvalue weighted by Gasteiger charge is -2.30. The highest BCUT2D eigenvalue weighted by atomic mass is 32.1. The number of hydrogen-bond acceptors (Lipinski definition) is 3. The zero-order chi connectivity index (χ0) is 15.2. The summed E-state index contributed by atoms with van der Waals surface area (Å²) in [5, 5.41) is 5.01. The molecule has 0 saturated carbocycles. The molecule has 2 aromatic rings. The lowest BCUT2D eigenvalue weighted by atomic mass is 10.1. The molecule has 1 amide bonds. The minimum atomic E-state index is -0.0853. The first-order valence-corrected chi connectivity index (χ1v) is 8.57. The first-order valence-electron chi connectivity index (χ1n) is 7.69. The maximum Gasteiger partial charge on any atom is 0.248 e. The zero-order valence-corrected chi connectivity index (χ0v) is 13.3. The average Bonchev–Trinajstić information content (AvgIpc) is 3.08. The van der Waals surface area contributed by atoms with Crippen LogP contribution in [-0.4, -0.2) is 19.0 Å². The Hall–Kier alpha value is -2.07. The molecule has 0 radical (unpaired) electrons. The summed E-state index contributed by atoms with van der Waals surface area (Å²) in [5.41, 5.74) is 2.02. The number of thiophene rings is 1. The molecule has 1 N–H and O–H groups in total. The van der Waals surface area contributed by atoms with Crippen LogP contribution in [0.2, 0.25) is 0 Å². The first-order chi connectivity index (χ1) is 10.8. The zero-order valence-electron chi connectivity index (χ0n) is 12.5. The number of carbonyl (C=O) groups is 1. The van der Waals surface area contributed by atoms with Crippen molar-refractivity contribution in [2.45, 2.75) is 19.3 Å². The third kappa shape index (κ3) is 3.77. The number of benzene rings is 1. The topological polar surface area (TPSA) is 32.3 Å². The van der Waals surface area contributed by atoms with E-state index in [-0.39, 0.29) is 5.91 Å². The highest BCUT2D eigenvalue weighted by Gasteiger charge is 2.14. The highest BCUT2D eigenvalue weighted by molar-refractivity contribution is 7.10. The molecule has 3 rings (SSSR count). The first kappa shape index (κ1) is 14.9. The van der Waals surface area contributed by atoms with Gasteiger partial charge in [-0.1, -0.05) is 18.2 Å². The Morgan fingerprint density at radius 2 is 1.91 bits per heavy atom. The predicted octanol–water partition coefficient (Wildman–Crippen LogP) is 4.39. The third-order valence-electron chi connectivity index (χ3n) is 3.80. The van der Waals surface area contributed by atoms with Crippen molar-refractivity contribution in [3.63, 3.8) is 0 Å². The van der Waals surface area contributed by atoms with E-state index in [1.54, 1.807) is 17.4 Å². The summed E-state index contributed by atoms with van der Waals surface area (Å²) in [6, 6.07) is 12.0. The third-order valence-corrected chi connectivity index (χ3v) is 4.64. The maximum absolute atomic E-state index is 12.1. The van der Waals surface area contributed by atoms with Crippen molar-refractivity contribution in [1.29, 1.82) is 0 Å². The van der Waals surface area contributed by atoms with Gasteiger partial charge in [0.15, 0.2) is 0 Å². The number of nitrogens with zero attached hydrogens (tertiary/aromatic N) is 1. The van der Waals surface area contributed by atoms with Gasteiger partial charge in [0.25, 0.3) is 0 Å². The van der Waals surface area contributed by atoms with Crippen molar-refractivity contribution in [2.24, 2.45) is 0 Å². The van der Waals surface area contributed by atoms with Crippen molar-refractivity contribution in [2.75, 3.05) is 23.3 Å². The van der Waals surface area contributed by atoms with E-state index in [4.69, 9.17) is 0 Å². The molecule has 1 saturated heterocycles. The van der Waals surface area contributed by atoms with E-state index in [1.807, 2.05) is 41.8 Å². The molecule has 22 heavy (non-hydrogen) atoms. The lowest BCUT2D eigenvalue weighted by molar-refractivity contribution is -0.111. The van der Waals surface area contributed by atoms with E-state index in [0.717, 1.165) is 29.3 Å². The van der Waals surface area contributed by atoms with Gasteiger partial charge >= 0.3 is 0 Å². The van der Waals surface area contributed by atoms with Gasteiger partial charge in [0.05, 0.1) is 11.4 Å². The van der Waals surface area contributed by atoms with Crippen LogP contribution in [0.25, 0.3) is 6.08 Å². The van der Waals surface area contributed by atoms with Gasteiger partial charge in [0.2, 0.25) is 5.91 Å². The van der Waals surface area contributed by atoms with Crippen molar-refractivity contribution in [1.82, 2.24) is 0 Å². The normalized spacial score (nSPS) is 15.2. The maximum atomic E-state index is 12.1. The van der Waals surface area contributed by atoms with Crippen molar-refractivity contribution >= 4 is 34.7 Å². The molecule has 114 valence electrons. The van der Waals surface area contributed by atoms with Crippen molar-refractivity contribution in [3.05, 3.63) is 52.7 Å². The number of piperidine rings is 1. The number of anilines is 2. The van der Waals surface area contributed by atoms with Crippen molar-refractivity contribution < 1.29 is 4.79 Å². The lowest BCUT2D eigenvalue weighted by Crippen LogP contribution is -2.30. The summed E-state index contributed by atoms with van der Waals surface area (Å²) < 4.78 is 0. The molecule has 1 aromatic carbocycles. The van der Waals surface area contributed by atoms with Gasteiger partial charge in [-0.05, 0) is 48.9 Å². The van der Waals surface area contributed by atoms with Crippen LogP contribution in [-0.2, 0) is 4.79 Å². The number of hydrogen-bond donors (Lipinski definition) is 1. The standard InChI is InChI=1S/C18H20N2OS/c21-18(11-10-15-7-6-14-22-15)19-16-8-2-3-9-17(16)20-12-4-1-5-13-20/h2-3,6-11,14H,1,4-5,12-13H2,(H,19,21). The Morgan fingerprint density at radius 1 is 1.09 bits per heavy atom. The highest BCUT2D eigenvalue weighted by Crippen LogP contribution is 2.28. The number of para-hydroxylation sites is 2. The monoisotopic (exact) mass is 312 g/mol. The largest absolute Gasteiger partial charge is 0.370 e. The summed E-state index contributed by atoms with van der Waals surface area (Å²) in [4.78, 5) is 15.6. The van der Waals surface area contributed by atoms with E-state index in [2.05, 4.69) is 16.3 Å². The van der Waals surface area contributed by atoms with Crippen LogP contribution in [0.3, 0.4) is 0 Å². The summed E-state index contributed by atoms with van der Waals surface area (Å²) in [7, 11) is 0. The Balaban J connectivity index is 1.70. The molecular formula is C18H20N2OS. The second kappa shape index (κ2) is 7.27. The van der Waals surface area contributed by atoms with Gasteiger partial charge in [-0.3, -0.25) is 4.79 Å². The number of amides is 1. The minimum Gasteiger partial charge on any atom is -0.370 e. The van der Waals surface area contributed by atoms with Gasteiger partial charge in [-0.25, -0.2) is 0 Å². The fraction of sp³-hybridized carbons (Fsp3) is 0.278. The summed E-state index contributed by atoms with van der Waals surface area (Å²) in [5.74, 6) is -0.0853. The van der Waals surface area contributed by atoms with Crippen LogP contribution < -0.4 is 10.2 Å². The van der Waals surface area contributed by atoms with Gasteiger partial charge in [-0.15, -0.1) is 11.3 Å². The van der Waals surface area contributed by atoms with Gasteiger partial charge in [-0.2, -0.15) is 0 Å². The smallest absolute Gasteiger partial charge is 0.248 e. The van der Waals surface area contributed by atoms with Crippen LogP contribution >= 0.6 is 11.3 Å². The number of nitrogens with one attached hydrogen (secondary N) is 1. The van der Waals surface area contributed by atoms with Gasteiger partial charge in [0.1, 0.15) is 0 Å². The molecule has 1 aliphatic rings. The number of carbonyl (C=O) groups excluding carboxylic acids is 1. The molecule has 0 aliphatic carbocycles. The Kier molecular flexibility index (Phi) is 4.91. The van der Waals surface area contributed by atoms with Gasteiger partial charge < -0.3 is 10.2 Å². The Labute approximate surface area is 135 Å².